The number of urea groups is 1. The number of likely N-dealkylation sites (N-methyl/N-ethyl adjacent to an activating group) is 1. The van der Waals surface area contributed by atoms with E-state index in [0.717, 1.165) is 32.4 Å². The summed E-state index contributed by atoms with van der Waals surface area (Å²) in [6, 6.07) is 1.05. The van der Waals surface area contributed by atoms with Gasteiger partial charge in [-0.2, -0.15) is 0 Å². The Morgan fingerprint density at radius 1 is 1.12 bits per heavy atom. The Morgan fingerprint density at radius 2 is 1.81 bits per heavy atom. The van der Waals surface area contributed by atoms with Crippen molar-refractivity contribution >= 4 is 6.03 Å². The van der Waals surface area contributed by atoms with Gasteiger partial charge in [0.05, 0.1) is 0 Å². The molecule has 1 aliphatic carbocycles. The van der Waals surface area contributed by atoms with Crippen LogP contribution in [0.3, 0.4) is 0 Å². The number of nitrogens with one attached hydrogen (secondary N) is 2. The van der Waals surface area contributed by atoms with E-state index in [-0.39, 0.29) is 6.03 Å². The number of likely N-dealkylation sites (tertiary alicyclic amines) is 1. The highest BCUT2D eigenvalue weighted by molar-refractivity contribution is 5.74. The summed E-state index contributed by atoms with van der Waals surface area (Å²) >= 11 is 0. The average molecular weight is 225 g/mol. The van der Waals surface area contributed by atoms with Gasteiger partial charge in [-0.05, 0) is 32.7 Å². The SMILES string of the molecule is CNC1CCCN(C(=O)NC2CCCC2)C1. The molecule has 1 unspecified atom stereocenters. The van der Waals surface area contributed by atoms with E-state index in [1.165, 1.54) is 19.3 Å². The van der Waals surface area contributed by atoms with Crippen LogP contribution in [-0.4, -0.2) is 43.2 Å². The number of carbonyl (C=O) groups is 1. The van der Waals surface area contributed by atoms with Crippen molar-refractivity contribution in [3.8, 4) is 0 Å². The predicted molar refractivity (Wildman–Crippen MR) is 64.4 cm³/mol. The van der Waals surface area contributed by atoms with Gasteiger partial charge in [-0.15, -0.1) is 0 Å². The highest BCUT2D eigenvalue weighted by Crippen LogP contribution is 2.18. The van der Waals surface area contributed by atoms with Gasteiger partial charge >= 0.3 is 6.03 Å². The quantitative estimate of drug-likeness (QED) is 0.744. The highest BCUT2D eigenvalue weighted by Gasteiger charge is 2.25. The molecular weight excluding hydrogens is 202 g/mol. The second kappa shape index (κ2) is 5.53. The molecule has 16 heavy (non-hydrogen) atoms. The largest absolute Gasteiger partial charge is 0.335 e. The zero-order chi connectivity index (χ0) is 11.4. The first-order chi connectivity index (χ1) is 7.79. The fourth-order valence-electron chi connectivity index (χ4n) is 2.73. The molecule has 1 heterocycles. The maximum absolute atomic E-state index is 12.0. The first-order valence-corrected chi connectivity index (χ1v) is 6.52. The summed E-state index contributed by atoms with van der Waals surface area (Å²) in [7, 11) is 1.98. The van der Waals surface area contributed by atoms with Crippen molar-refractivity contribution in [1.82, 2.24) is 15.5 Å². The minimum Gasteiger partial charge on any atom is -0.335 e. The van der Waals surface area contributed by atoms with Crippen LogP contribution >= 0.6 is 0 Å². The summed E-state index contributed by atoms with van der Waals surface area (Å²) in [6.45, 7) is 1.77. The minimum atomic E-state index is 0.145. The molecule has 0 aromatic rings. The first-order valence-electron chi connectivity index (χ1n) is 6.52. The number of hydrogen-bond donors (Lipinski definition) is 2. The molecule has 2 rings (SSSR count). The number of hydrogen-bond acceptors (Lipinski definition) is 2. The van der Waals surface area contributed by atoms with E-state index in [2.05, 4.69) is 10.6 Å². The molecule has 2 aliphatic rings. The van der Waals surface area contributed by atoms with Crippen molar-refractivity contribution in [3.63, 3.8) is 0 Å². The molecule has 0 spiro atoms. The zero-order valence-electron chi connectivity index (χ0n) is 10.2. The molecule has 1 atom stereocenters. The first kappa shape index (κ1) is 11.7. The van der Waals surface area contributed by atoms with Crippen LogP contribution < -0.4 is 10.6 Å². The minimum absolute atomic E-state index is 0.145. The molecular formula is C12H23N3O. The van der Waals surface area contributed by atoms with E-state index in [4.69, 9.17) is 0 Å². The van der Waals surface area contributed by atoms with Crippen LogP contribution in [0.4, 0.5) is 4.79 Å². The van der Waals surface area contributed by atoms with E-state index >= 15 is 0 Å². The lowest BCUT2D eigenvalue weighted by Crippen LogP contribution is -2.51. The number of nitrogens with zero attached hydrogens (tertiary/aromatic N) is 1. The smallest absolute Gasteiger partial charge is 0.317 e. The normalized spacial score (nSPS) is 27.1. The lowest BCUT2D eigenvalue weighted by molar-refractivity contribution is 0.171. The predicted octanol–water partition coefficient (Wildman–Crippen LogP) is 1.32. The third-order valence-electron chi connectivity index (χ3n) is 3.80. The Morgan fingerprint density at radius 3 is 2.50 bits per heavy atom. The Labute approximate surface area is 97.8 Å². The van der Waals surface area contributed by atoms with Gasteiger partial charge in [0.2, 0.25) is 0 Å². The summed E-state index contributed by atoms with van der Waals surface area (Å²) in [6.07, 6.45) is 7.16. The van der Waals surface area contributed by atoms with Crippen LogP contribution in [0.5, 0.6) is 0 Å². The van der Waals surface area contributed by atoms with Gasteiger partial charge in [0.1, 0.15) is 0 Å². The molecule has 1 aliphatic heterocycles. The lowest BCUT2D eigenvalue weighted by atomic mass is 10.1. The molecule has 0 radical (unpaired) electrons. The molecule has 0 bridgehead atoms. The van der Waals surface area contributed by atoms with E-state index in [0.29, 0.717) is 12.1 Å². The van der Waals surface area contributed by atoms with Crippen molar-refractivity contribution in [2.24, 2.45) is 0 Å². The maximum atomic E-state index is 12.0. The van der Waals surface area contributed by atoms with Gasteiger partial charge in [0.15, 0.2) is 0 Å². The monoisotopic (exact) mass is 225 g/mol. The number of carbonyl (C=O) groups excluding carboxylic acids is 1. The van der Waals surface area contributed by atoms with Crippen molar-refractivity contribution in [1.29, 1.82) is 0 Å². The molecule has 4 heteroatoms. The van der Waals surface area contributed by atoms with Gasteiger partial charge < -0.3 is 15.5 Å². The van der Waals surface area contributed by atoms with Crippen LogP contribution in [0.25, 0.3) is 0 Å². The topological polar surface area (TPSA) is 44.4 Å². The molecule has 4 nitrogen and oxygen atoms in total. The lowest BCUT2D eigenvalue weighted by Gasteiger charge is -2.33. The third kappa shape index (κ3) is 2.88. The maximum Gasteiger partial charge on any atom is 0.317 e. The van der Waals surface area contributed by atoms with Crippen molar-refractivity contribution in [2.45, 2.75) is 50.6 Å². The highest BCUT2D eigenvalue weighted by atomic mass is 16.2. The second-order valence-corrected chi connectivity index (χ2v) is 5.00. The third-order valence-corrected chi connectivity index (χ3v) is 3.80. The van der Waals surface area contributed by atoms with E-state index in [1.807, 2.05) is 11.9 Å². The Kier molecular flexibility index (Phi) is 4.04. The summed E-state index contributed by atoms with van der Waals surface area (Å²) in [5, 5.41) is 6.41. The van der Waals surface area contributed by atoms with Crippen molar-refractivity contribution in [2.75, 3.05) is 20.1 Å². The molecule has 2 fully saturated rings. The molecule has 1 saturated heterocycles. The molecule has 0 aromatic carbocycles. The van der Waals surface area contributed by atoms with E-state index in [9.17, 15) is 4.79 Å². The number of rotatable bonds is 2. The molecule has 0 aromatic heterocycles. The molecule has 2 N–H and O–H groups in total. The summed E-state index contributed by atoms with van der Waals surface area (Å²) in [4.78, 5) is 14.0. The Hall–Kier alpha value is -0.770. The average Bonchev–Trinajstić information content (AvgIpc) is 2.82. The molecule has 1 saturated carbocycles. The fourth-order valence-corrected chi connectivity index (χ4v) is 2.73. The van der Waals surface area contributed by atoms with Crippen LogP contribution in [0.2, 0.25) is 0 Å². The van der Waals surface area contributed by atoms with Gasteiger partial charge in [-0.1, -0.05) is 12.8 Å². The van der Waals surface area contributed by atoms with Crippen LogP contribution in [0.15, 0.2) is 0 Å². The Balaban J connectivity index is 1.79. The Bertz CT molecular complexity index is 238. The van der Waals surface area contributed by atoms with Crippen molar-refractivity contribution in [3.05, 3.63) is 0 Å². The summed E-state index contributed by atoms with van der Waals surface area (Å²) in [5.74, 6) is 0. The molecule has 92 valence electrons. The standard InChI is InChI=1S/C12H23N3O/c1-13-11-7-4-8-15(9-11)12(16)14-10-5-2-3-6-10/h10-11,13H,2-9H2,1H3,(H,14,16). The fraction of sp³-hybridized carbons (Fsp3) is 0.917. The van der Waals surface area contributed by atoms with Crippen LogP contribution in [-0.2, 0) is 0 Å². The summed E-state index contributed by atoms with van der Waals surface area (Å²) < 4.78 is 0. The van der Waals surface area contributed by atoms with Gasteiger partial charge in [0, 0.05) is 25.2 Å². The molecule has 2 amide bonds. The van der Waals surface area contributed by atoms with Gasteiger partial charge in [0.25, 0.3) is 0 Å². The van der Waals surface area contributed by atoms with E-state index < -0.39 is 0 Å². The zero-order valence-corrected chi connectivity index (χ0v) is 10.2. The second-order valence-electron chi connectivity index (χ2n) is 5.00. The summed E-state index contributed by atoms with van der Waals surface area (Å²) in [5.41, 5.74) is 0. The number of piperidine rings is 1. The van der Waals surface area contributed by atoms with Gasteiger partial charge in [-0.3, -0.25) is 0 Å². The van der Waals surface area contributed by atoms with E-state index in [1.54, 1.807) is 0 Å². The van der Waals surface area contributed by atoms with Crippen molar-refractivity contribution < 1.29 is 4.79 Å². The van der Waals surface area contributed by atoms with Crippen LogP contribution in [0.1, 0.15) is 38.5 Å². The number of amides is 2. The van der Waals surface area contributed by atoms with Crippen LogP contribution in [0, 0.1) is 0 Å². The van der Waals surface area contributed by atoms with Gasteiger partial charge in [-0.25, -0.2) is 4.79 Å².